The summed E-state index contributed by atoms with van der Waals surface area (Å²) in [6.07, 6.45) is 0.704. The summed E-state index contributed by atoms with van der Waals surface area (Å²) in [5.74, 6) is 0. The Morgan fingerprint density at radius 2 is 2.43 bits per heavy atom. The van der Waals surface area contributed by atoms with E-state index in [1.54, 1.807) is 12.1 Å². The van der Waals surface area contributed by atoms with Crippen LogP contribution < -0.4 is 0 Å². The number of nitriles is 1. The van der Waals surface area contributed by atoms with E-state index >= 15 is 0 Å². The van der Waals surface area contributed by atoms with Gasteiger partial charge >= 0.3 is 0 Å². The normalized spacial score (nSPS) is 9.64. The van der Waals surface area contributed by atoms with E-state index in [0.717, 1.165) is 4.88 Å². The number of thiophene rings is 1. The summed E-state index contributed by atoms with van der Waals surface area (Å²) in [5.41, 5.74) is 1.13. The minimum absolute atomic E-state index is 0.437. The molecule has 2 aromatic rings. The molecule has 0 aromatic carbocycles. The first-order valence-corrected chi connectivity index (χ1v) is 4.66. The summed E-state index contributed by atoms with van der Waals surface area (Å²) < 4.78 is 0. The molecule has 0 saturated heterocycles. The number of hydrogen-bond acceptors (Lipinski definition) is 4. The lowest BCUT2D eigenvalue weighted by atomic mass is 10.3. The molecule has 0 radical (unpaired) electrons. The number of carbonyl (C=O) groups is 1. The van der Waals surface area contributed by atoms with Crippen LogP contribution in [0.5, 0.6) is 0 Å². The highest BCUT2D eigenvalue weighted by atomic mass is 32.1. The molecular weight excluding hydrogens is 198 g/mol. The number of nitrogens with zero attached hydrogens (tertiary/aromatic N) is 2. The van der Waals surface area contributed by atoms with Crippen molar-refractivity contribution < 1.29 is 4.79 Å². The van der Waals surface area contributed by atoms with Crippen LogP contribution in [0.3, 0.4) is 0 Å². The minimum atomic E-state index is 0.437. The van der Waals surface area contributed by atoms with Gasteiger partial charge in [0.2, 0.25) is 0 Å². The molecule has 0 amide bonds. The molecule has 4 nitrogen and oxygen atoms in total. The van der Waals surface area contributed by atoms with Crippen LogP contribution in [0.1, 0.15) is 15.4 Å². The van der Waals surface area contributed by atoms with Crippen molar-refractivity contribution >= 4 is 17.6 Å². The van der Waals surface area contributed by atoms with E-state index in [-0.39, 0.29) is 0 Å². The van der Waals surface area contributed by atoms with Crippen molar-refractivity contribution in [2.75, 3.05) is 0 Å². The van der Waals surface area contributed by atoms with Crippen molar-refractivity contribution in [1.29, 1.82) is 5.26 Å². The second kappa shape index (κ2) is 3.44. The number of aldehydes is 1. The molecule has 0 fully saturated rings. The Kier molecular flexibility index (Phi) is 2.13. The van der Waals surface area contributed by atoms with Crippen LogP contribution in [0.2, 0.25) is 0 Å². The topological polar surface area (TPSA) is 69.5 Å². The third-order valence-electron chi connectivity index (χ3n) is 1.69. The van der Waals surface area contributed by atoms with Gasteiger partial charge < -0.3 is 0 Å². The Balaban J connectivity index is 2.39. The fourth-order valence-corrected chi connectivity index (χ4v) is 1.82. The van der Waals surface area contributed by atoms with E-state index in [1.807, 2.05) is 12.1 Å². The summed E-state index contributed by atoms with van der Waals surface area (Å²) in [7, 11) is 0. The van der Waals surface area contributed by atoms with Gasteiger partial charge in [-0.05, 0) is 18.2 Å². The van der Waals surface area contributed by atoms with Crippen LogP contribution in [-0.2, 0) is 0 Å². The van der Waals surface area contributed by atoms with Crippen LogP contribution in [0.4, 0.5) is 0 Å². The zero-order valence-corrected chi connectivity index (χ0v) is 7.84. The molecule has 0 bridgehead atoms. The fourth-order valence-electron chi connectivity index (χ4n) is 1.06. The zero-order chi connectivity index (χ0) is 9.97. The lowest BCUT2D eigenvalue weighted by molar-refractivity contribution is 0.111. The quantitative estimate of drug-likeness (QED) is 0.757. The highest BCUT2D eigenvalue weighted by Gasteiger charge is 2.06. The molecule has 0 aliphatic rings. The number of aromatic amines is 1. The van der Waals surface area contributed by atoms with Gasteiger partial charge in [0.1, 0.15) is 16.6 Å². The Morgan fingerprint density at radius 3 is 3.00 bits per heavy atom. The van der Waals surface area contributed by atoms with Gasteiger partial charge in [-0.1, -0.05) is 0 Å². The van der Waals surface area contributed by atoms with Crippen molar-refractivity contribution in [3.63, 3.8) is 0 Å². The van der Waals surface area contributed by atoms with Gasteiger partial charge in [0.05, 0.1) is 10.6 Å². The maximum atomic E-state index is 10.4. The second-order valence-corrected chi connectivity index (χ2v) is 3.69. The first kappa shape index (κ1) is 8.66. The summed E-state index contributed by atoms with van der Waals surface area (Å²) in [5, 5.41) is 15.2. The highest BCUT2D eigenvalue weighted by molar-refractivity contribution is 7.15. The van der Waals surface area contributed by atoms with Gasteiger partial charge in [-0.15, -0.1) is 11.3 Å². The first-order chi connectivity index (χ1) is 6.83. The third kappa shape index (κ3) is 1.43. The van der Waals surface area contributed by atoms with E-state index in [0.29, 0.717) is 22.6 Å². The average Bonchev–Trinajstić information content (AvgIpc) is 2.86. The lowest BCUT2D eigenvalue weighted by Crippen LogP contribution is -1.75. The fraction of sp³-hybridized carbons (Fsp3) is 0. The van der Waals surface area contributed by atoms with Crippen LogP contribution in [0.25, 0.3) is 10.6 Å². The summed E-state index contributed by atoms with van der Waals surface area (Å²) in [4.78, 5) is 11.9. The molecule has 2 heterocycles. The van der Waals surface area contributed by atoms with Crippen LogP contribution in [0, 0.1) is 11.3 Å². The first-order valence-electron chi connectivity index (χ1n) is 3.84. The molecule has 0 spiro atoms. The molecule has 0 saturated carbocycles. The van der Waals surface area contributed by atoms with Crippen molar-refractivity contribution in [2.24, 2.45) is 0 Å². The van der Waals surface area contributed by atoms with Gasteiger partial charge in [0, 0.05) is 0 Å². The number of nitrogens with one attached hydrogen (secondary N) is 1. The average molecular weight is 203 g/mol. The lowest BCUT2D eigenvalue weighted by Gasteiger charge is -1.84. The van der Waals surface area contributed by atoms with Gasteiger partial charge in [-0.2, -0.15) is 10.4 Å². The van der Waals surface area contributed by atoms with Crippen molar-refractivity contribution in [2.45, 2.75) is 0 Å². The van der Waals surface area contributed by atoms with E-state index in [2.05, 4.69) is 10.2 Å². The van der Waals surface area contributed by atoms with E-state index in [9.17, 15) is 4.79 Å². The second-order valence-electron chi connectivity index (χ2n) is 2.60. The third-order valence-corrected chi connectivity index (χ3v) is 2.71. The largest absolute Gasteiger partial charge is 0.296 e. The highest BCUT2D eigenvalue weighted by Crippen LogP contribution is 2.26. The molecule has 14 heavy (non-hydrogen) atoms. The van der Waals surface area contributed by atoms with Crippen LogP contribution in [-0.4, -0.2) is 16.5 Å². The van der Waals surface area contributed by atoms with Gasteiger partial charge in [0.25, 0.3) is 0 Å². The number of H-pyrrole nitrogens is 1. The molecule has 2 aromatic heterocycles. The Labute approximate surface area is 83.8 Å². The molecule has 0 unspecified atom stereocenters. The number of aromatic nitrogens is 2. The molecule has 0 aliphatic carbocycles. The predicted molar refractivity (Wildman–Crippen MR) is 52.0 cm³/mol. The molecule has 68 valence electrons. The number of carbonyl (C=O) groups excluding carboxylic acids is 1. The molecule has 5 heteroatoms. The summed E-state index contributed by atoms with van der Waals surface area (Å²) in [6.45, 7) is 0. The molecule has 0 aliphatic heterocycles. The summed E-state index contributed by atoms with van der Waals surface area (Å²) in [6, 6.07) is 7.25. The standard InChI is InChI=1S/C9H5N3OS/c10-4-7-1-2-9(14-7)8-3-6(5-13)11-12-8/h1-3,5H,(H,11,12). The van der Waals surface area contributed by atoms with Gasteiger partial charge in [-0.3, -0.25) is 9.89 Å². The molecule has 2 rings (SSSR count). The van der Waals surface area contributed by atoms with E-state index < -0.39 is 0 Å². The Morgan fingerprint density at radius 1 is 1.57 bits per heavy atom. The Hall–Kier alpha value is -1.93. The molecule has 0 atom stereocenters. The smallest absolute Gasteiger partial charge is 0.167 e. The monoisotopic (exact) mass is 203 g/mol. The SMILES string of the molecule is N#Cc1ccc(-c2cc(C=O)[nH]n2)s1. The maximum Gasteiger partial charge on any atom is 0.167 e. The van der Waals surface area contributed by atoms with E-state index in [4.69, 9.17) is 5.26 Å². The van der Waals surface area contributed by atoms with E-state index in [1.165, 1.54) is 11.3 Å². The molecule has 1 N–H and O–H groups in total. The zero-order valence-electron chi connectivity index (χ0n) is 7.02. The summed E-state index contributed by atoms with van der Waals surface area (Å²) >= 11 is 1.35. The number of rotatable bonds is 2. The minimum Gasteiger partial charge on any atom is -0.296 e. The van der Waals surface area contributed by atoms with Gasteiger partial charge in [0.15, 0.2) is 6.29 Å². The van der Waals surface area contributed by atoms with Crippen molar-refractivity contribution in [3.8, 4) is 16.6 Å². The Bertz CT molecular complexity index is 506. The maximum absolute atomic E-state index is 10.4. The number of hydrogen-bond donors (Lipinski definition) is 1. The van der Waals surface area contributed by atoms with Gasteiger partial charge in [-0.25, -0.2) is 0 Å². The van der Waals surface area contributed by atoms with Crippen molar-refractivity contribution in [3.05, 3.63) is 28.8 Å². The van der Waals surface area contributed by atoms with Crippen LogP contribution in [0.15, 0.2) is 18.2 Å². The van der Waals surface area contributed by atoms with Crippen LogP contribution >= 0.6 is 11.3 Å². The van der Waals surface area contributed by atoms with Crippen molar-refractivity contribution in [1.82, 2.24) is 10.2 Å². The predicted octanol–water partition coefficient (Wildman–Crippen LogP) is 1.82. The molecular formula is C9H5N3OS.